The number of halogens is 1. The molecule has 1 N–H and O–H groups in total. The summed E-state index contributed by atoms with van der Waals surface area (Å²) >= 11 is 4.90. The third-order valence-corrected chi connectivity index (χ3v) is 4.89. The van der Waals surface area contributed by atoms with Gasteiger partial charge in [-0.3, -0.25) is 4.79 Å². The summed E-state index contributed by atoms with van der Waals surface area (Å²) in [6, 6.07) is 5.81. The van der Waals surface area contributed by atoms with Crippen LogP contribution in [0.2, 0.25) is 0 Å². The Morgan fingerprint density at radius 3 is 3.04 bits per heavy atom. The highest BCUT2D eigenvalue weighted by Gasteiger charge is 2.18. The highest BCUT2D eigenvalue weighted by atomic mass is 79.9. The highest BCUT2D eigenvalue weighted by Crippen LogP contribution is 2.29. The maximum Gasteiger partial charge on any atom is 0.278 e. The van der Waals surface area contributed by atoms with E-state index in [1.807, 2.05) is 23.6 Å². The number of nitrogens with one attached hydrogen (secondary N) is 1. The number of carbonyl (C=O) groups is 1. The van der Waals surface area contributed by atoms with E-state index in [0.29, 0.717) is 15.7 Å². The minimum atomic E-state index is -0.452. The van der Waals surface area contributed by atoms with Crippen LogP contribution in [-0.4, -0.2) is 30.8 Å². The second-order valence-corrected chi connectivity index (χ2v) is 6.58. The first-order valence-corrected chi connectivity index (χ1v) is 8.80. The molecule has 2 heterocycles. The molecular weight excluding hydrogens is 408 g/mol. The fraction of sp³-hybridized carbons (Fsp3) is 0.250. The lowest BCUT2D eigenvalue weighted by molar-refractivity contribution is -0.123. The van der Waals surface area contributed by atoms with Gasteiger partial charge >= 0.3 is 0 Å². The number of pyridine rings is 1. The van der Waals surface area contributed by atoms with Gasteiger partial charge in [-0.2, -0.15) is 10.4 Å². The van der Waals surface area contributed by atoms with Crippen LogP contribution in [0.5, 0.6) is 5.88 Å². The zero-order valence-corrected chi connectivity index (χ0v) is 16.0. The second kappa shape index (κ2) is 9.27. The zero-order valence-electron chi connectivity index (χ0n) is 13.6. The van der Waals surface area contributed by atoms with Gasteiger partial charge in [-0.15, -0.1) is 11.3 Å². The number of aromatic nitrogens is 1. The van der Waals surface area contributed by atoms with E-state index in [1.165, 1.54) is 18.4 Å². The number of carbonyl (C=O) groups excluding carboxylic acids is 1. The van der Waals surface area contributed by atoms with Crippen LogP contribution in [0.1, 0.15) is 21.7 Å². The first kappa shape index (κ1) is 19.1. The van der Waals surface area contributed by atoms with Crippen molar-refractivity contribution in [2.24, 2.45) is 5.10 Å². The number of hydrazone groups is 1. The Balaban J connectivity index is 2.04. The predicted octanol–water partition coefficient (Wildman–Crippen LogP) is 2.76. The van der Waals surface area contributed by atoms with Crippen LogP contribution in [0.25, 0.3) is 0 Å². The van der Waals surface area contributed by atoms with Crippen LogP contribution in [-0.2, 0) is 16.1 Å². The first-order valence-electron chi connectivity index (χ1n) is 7.13. The molecule has 0 aliphatic rings. The van der Waals surface area contributed by atoms with Gasteiger partial charge in [0.05, 0.1) is 18.5 Å². The maximum absolute atomic E-state index is 11.8. The van der Waals surface area contributed by atoms with E-state index < -0.39 is 5.91 Å². The number of aryl methyl sites for hydroxylation is 1. The van der Waals surface area contributed by atoms with Gasteiger partial charge in [0.15, 0.2) is 6.61 Å². The van der Waals surface area contributed by atoms with Gasteiger partial charge in [0, 0.05) is 22.0 Å². The third kappa shape index (κ3) is 5.09. The fourth-order valence-electron chi connectivity index (χ4n) is 1.91. The zero-order chi connectivity index (χ0) is 18.2. The molecule has 2 aromatic rings. The van der Waals surface area contributed by atoms with Gasteiger partial charge in [0.2, 0.25) is 5.88 Å². The molecule has 0 saturated heterocycles. The lowest BCUT2D eigenvalue weighted by atomic mass is 10.1. The molecule has 0 saturated carbocycles. The number of methoxy groups -OCH3 is 1. The molecule has 0 unspecified atom stereocenters. The van der Waals surface area contributed by atoms with E-state index in [2.05, 4.69) is 31.4 Å². The summed E-state index contributed by atoms with van der Waals surface area (Å²) in [4.78, 5) is 17.0. The van der Waals surface area contributed by atoms with Gasteiger partial charge in [-0.25, -0.2) is 10.4 Å². The van der Waals surface area contributed by atoms with Crippen LogP contribution >= 0.6 is 27.3 Å². The van der Waals surface area contributed by atoms with Crippen LogP contribution < -0.4 is 10.2 Å². The molecule has 0 aliphatic carbocycles. The van der Waals surface area contributed by atoms with Crippen LogP contribution in [0, 0.1) is 18.3 Å². The molecule has 0 radical (unpaired) electrons. The van der Waals surface area contributed by atoms with E-state index in [0.717, 1.165) is 4.88 Å². The van der Waals surface area contributed by atoms with E-state index in [1.54, 1.807) is 13.1 Å². The van der Waals surface area contributed by atoms with Crippen molar-refractivity contribution in [3.05, 3.63) is 43.7 Å². The lowest BCUT2D eigenvalue weighted by Gasteiger charge is -2.13. The molecule has 2 aromatic heterocycles. The van der Waals surface area contributed by atoms with Crippen molar-refractivity contribution < 1.29 is 14.3 Å². The molecule has 7 nitrogen and oxygen atoms in total. The molecule has 25 heavy (non-hydrogen) atoms. The summed E-state index contributed by atoms with van der Waals surface area (Å²) in [5.41, 5.74) is 3.86. The minimum Gasteiger partial charge on any atom is -0.467 e. The largest absolute Gasteiger partial charge is 0.467 e. The first-order chi connectivity index (χ1) is 12.1. The van der Waals surface area contributed by atoms with Crippen LogP contribution in [0.15, 0.2) is 27.1 Å². The average molecular weight is 423 g/mol. The molecule has 130 valence electrons. The molecule has 0 aromatic carbocycles. The monoisotopic (exact) mass is 422 g/mol. The van der Waals surface area contributed by atoms with Gasteiger partial charge in [0.25, 0.3) is 5.91 Å². The van der Waals surface area contributed by atoms with Gasteiger partial charge in [0.1, 0.15) is 11.6 Å². The number of ether oxygens (including phenoxy) is 2. The van der Waals surface area contributed by atoms with Gasteiger partial charge in [-0.05, 0) is 34.3 Å². The topological polar surface area (TPSA) is 96.6 Å². The molecular formula is C16H15BrN4O3S. The number of amides is 1. The van der Waals surface area contributed by atoms with Crippen LogP contribution in [0.4, 0.5) is 0 Å². The quantitative estimate of drug-likeness (QED) is 0.546. The second-order valence-electron chi connectivity index (χ2n) is 4.81. The lowest BCUT2D eigenvalue weighted by Crippen LogP contribution is -2.25. The Kier molecular flexibility index (Phi) is 7.06. The van der Waals surface area contributed by atoms with E-state index in [9.17, 15) is 10.1 Å². The Hall–Kier alpha value is -2.28. The summed E-state index contributed by atoms with van der Waals surface area (Å²) in [6.45, 7) is 1.68. The van der Waals surface area contributed by atoms with Crippen molar-refractivity contribution in [2.75, 3.05) is 13.7 Å². The number of nitrogens with zero attached hydrogens (tertiary/aromatic N) is 3. The molecule has 2 rings (SSSR count). The summed E-state index contributed by atoms with van der Waals surface area (Å²) < 4.78 is 11.2. The third-order valence-electron chi connectivity index (χ3n) is 3.03. The van der Waals surface area contributed by atoms with E-state index >= 15 is 0 Å². The Bertz CT molecular complexity index is 816. The number of rotatable bonds is 7. The van der Waals surface area contributed by atoms with E-state index in [-0.39, 0.29) is 24.7 Å². The normalized spacial score (nSPS) is 10.6. The van der Waals surface area contributed by atoms with Crippen molar-refractivity contribution >= 4 is 39.4 Å². The smallest absolute Gasteiger partial charge is 0.278 e. The Morgan fingerprint density at radius 1 is 1.60 bits per heavy atom. The molecule has 0 spiro atoms. The standard InChI is InChI=1S/C16H15BrN4O3S/c1-10-15(17)13(8-23-2)12(6-18)16(20-10)24-9-14(22)21-19-7-11-4-3-5-25-11/h3-5,7H,8-9H2,1-2H3,(H,21,22). The van der Waals surface area contributed by atoms with Crippen molar-refractivity contribution in [1.82, 2.24) is 10.4 Å². The molecule has 1 amide bonds. The predicted molar refractivity (Wildman–Crippen MR) is 97.7 cm³/mol. The van der Waals surface area contributed by atoms with Crippen molar-refractivity contribution in [1.29, 1.82) is 5.26 Å². The number of thiophene rings is 1. The van der Waals surface area contributed by atoms with Crippen molar-refractivity contribution in [3.8, 4) is 11.9 Å². The summed E-state index contributed by atoms with van der Waals surface area (Å²) in [6.07, 6.45) is 1.54. The van der Waals surface area contributed by atoms with Gasteiger partial charge < -0.3 is 9.47 Å². The molecule has 0 aliphatic heterocycles. The molecule has 0 fully saturated rings. The highest BCUT2D eigenvalue weighted by molar-refractivity contribution is 9.10. The SMILES string of the molecule is COCc1c(Br)c(C)nc(OCC(=O)NN=Cc2cccs2)c1C#N. The number of hydrogen-bond acceptors (Lipinski definition) is 7. The van der Waals surface area contributed by atoms with Gasteiger partial charge in [-0.1, -0.05) is 6.07 Å². The summed E-state index contributed by atoms with van der Waals surface area (Å²) in [7, 11) is 1.53. The summed E-state index contributed by atoms with van der Waals surface area (Å²) in [5.74, 6) is -0.361. The molecule has 0 bridgehead atoms. The fourth-order valence-corrected chi connectivity index (χ4v) is 2.90. The summed E-state index contributed by atoms with van der Waals surface area (Å²) in [5, 5.41) is 15.1. The van der Waals surface area contributed by atoms with Crippen molar-refractivity contribution in [2.45, 2.75) is 13.5 Å². The molecule has 0 atom stereocenters. The number of hydrogen-bond donors (Lipinski definition) is 1. The van der Waals surface area contributed by atoms with E-state index in [4.69, 9.17) is 9.47 Å². The van der Waals surface area contributed by atoms with Crippen molar-refractivity contribution in [3.63, 3.8) is 0 Å². The average Bonchev–Trinajstić information content (AvgIpc) is 3.11. The Morgan fingerprint density at radius 2 is 2.40 bits per heavy atom. The minimum absolute atomic E-state index is 0.0904. The Labute approximate surface area is 157 Å². The molecule has 9 heteroatoms. The van der Waals surface area contributed by atoms with Crippen LogP contribution in [0.3, 0.4) is 0 Å². The number of nitriles is 1. The maximum atomic E-state index is 11.8.